The zero-order chi connectivity index (χ0) is 21.9. The molecule has 31 heavy (non-hydrogen) atoms. The number of carbonyl (C=O) groups is 1. The monoisotopic (exact) mass is 464 g/mol. The molecule has 1 amide bonds. The van der Waals surface area contributed by atoms with Gasteiger partial charge in [0.25, 0.3) is 5.91 Å². The molecule has 3 rings (SSSR count). The number of thiocarbonyl (C=S) groups is 1. The van der Waals surface area contributed by atoms with Crippen LogP contribution in [0.25, 0.3) is 6.08 Å². The van der Waals surface area contributed by atoms with E-state index in [1.807, 2.05) is 18.2 Å². The van der Waals surface area contributed by atoms with E-state index in [-0.39, 0.29) is 5.91 Å². The van der Waals surface area contributed by atoms with Crippen LogP contribution in [-0.4, -0.2) is 48.0 Å². The largest absolute Gasteiger partial charge is 0.441 e. The summed E-state index contributed by atoms with van der Waals surface area (Å²) in [6.07, 6.45) is 14.7. The van der Waals surface area contributed by atoms with E-state index in [2.05, 4.69) is 11.8 Å². The lowest BCUT2D eigenvalue weighted by atomic mass is 10.1. The van der Waals surface area contributed by atoms with Gasteiger partial charge in [0.05, 0.1) is 18.1 Å². The Hall–Kier alpha value is -1.31. The second-order valence-electron chi connectivity index (χ2n) is 8.29. The van der Waals surface area contributed by atoms with Crippen molar-refractivity contribution in [2.24, 2.45) is 0 Å². The van der Waals surface area contributed by atoms with Crippen LogP contribution >= 0.6 is 24.0 Å². The van der Waals surface area contributed by atoms with E-state index in [0.29, 0.717) is 28.2 Å². The Morgan fingerprint density at radius 2 is 1.65 bits per heavy atom. The van der Waals surface area contributed by atoms with E-state index >= 15 is 0 Å². The second kappa shape index (κ2) is 13.3. The van der Waals surface area contributed by atoms with Crippen molar-refractivity contribution < 1.29 is 13.9 Å². The van der Waals surface area contributed by atoms with E-state index in [4.69, 9.17) is 21.4 Å². The van der Waals surface area contributed by atoms with Crippen LogP contribution in [0.2, 0.25) is 0 Å². The van der Waals surface area contributed by atoms with Gasteiger partial charge >= 0.3 is 0 Å². The highest BCUT2D eigenvalue weighted by Gasteiger charge is 2.31. The molecule has 0 saturated carbocycles. The van der Waals surface area contributed by atoms with E-state index in [1.165, 1.54) is 63.1 Å². The van der Waals surface area contributed by atoms with Crippen molar-refractivity contribution in [2.45, 2.75) is 71.1 Å². The van der Waals surface area contributed by atoms with Crippen LogP contribution in [0, 0.1) is 0 Å². The average Bonchev–Trinajstić information content (AvgIpc) is 3.35. The highest BCUT2D eigenvalue weighted by atomic mass is 32.2. The molecule has 2 saturated heterocycles. The van der Waals surface area contributed by atoms with Crippen LogP contribution in [0.5, 0.6) is 0 Å². The van der Waals surface area contributed by atoms with Crippen LogP contribution in [-0.2, 0) is 9.53 Å². The number of nitrogens with zero attached hydrogens (tertiary/aromatic N) is 2. The molecule has 1 aromatic rings. The Labute approximate surface area is 196 Å². The maximum absolute atomic E-state index is 12.8. The predicted octanol–water partition coefficient (Wildman–Crippen LogP) is 6.24. The van der Waals surface area contributed by atoms with Gasteiger partial charge in [-0.2, -0.15) is 0 Å². The van der Waals surface area contributed by atoms with Gasteiger partial charge in [-0.25, -0.2) is 0 Å². The van der Waals surface area contributed by atoms with Gasteiger partial charge in [0.1, 0.15) is 10.1 Å². The van der Waals surface area contributed by atoms with Crippen LogP contribution in [0.15, 0.2) is 21.5 Å². The Balaban J connectivity index is 1.38. The van der Waals surface area contributed by atoms with Gasteiger partial charge in [-0.3, -0.25) is 9.69 Å². The summed E-state index contributed by atoms with van der Waals surface area (Å²) in [5.74, 6) is 1.53. The summed E-state index contributed by atoms with van der Waals surface area (Å²) in [5, 5.41) is 0. The van der Waals surface area contributed by atoms with Crippen LogP contribution in [0.4, 0.5) is 5.88 Å². The predicted molar refractivity (Wildman–Crippen MR) is 133 cm³/mol. The number of amides is 1. The lowest BCUT2D eigenvalue weighted by molar-refractivity contribution is -0.122. The summed E-state index contributed by atoms with van der Waals surface area (Å²) < 4.78 is 12.0. The minimum absolute atomic E-state index is 0.00949. The molecule has 0 aliphatic carbocycles. The molecule has 0 aromatic carbocycles. The number of thioether (sulfide) groups is 1. The summed E-state index contributed by atoms with van der Waals surface area (Å²) in [4.78, 5) is 17.4. The first-order valence-corrected chi connectivity index (χ1v) is 13.1. The summed E-state index contributed by atoms with van der Waals surface area (Å²) in [6, 6.07) is 3.88. The number of rotatable bonds is 13. The topological polar surface area (TPSA) is 45.9 Å². The number of ether oxygens (including phenoxy) is 1. The van der Waals surface area contributed by atoms with Crippen molar-refractivity contribution in [3.8, 4) is 0 Å². The second-order valence-corrected chi connectivity index (χ2v) is 9.97. The van der Waals surface area contributed by atoms with Crippen molar-refractivity contribution in [3.05, 3.63) is 22.8 Å². The molecule has 2 fully saturated rings. The number of furan rings is 1. The van der Waals surface area contributed by atoms with Gasteiger partial charge in [-0.15, -0.1) is 0 Å². The molecule has 0 bridgehead atoms. The van der Waals surface area contributed by atoms with Gasteiger partial charge in [0.2, 0.25) is 0 Å². The molecule has 0 N–H and O–H groups in total. The summed E-state index contributed by atoms with van der Waals surface area (Å²) in [5.41, 5.74) is 0. The van der Waals surface area contributed by atoms with Crippen molar-refractivity contribution in [3.63, 3.8) is 0 Å². The zero-order valence-electron chi connectivity index (χ0n) is 18.8. The fraction of sp³-hybridized carbons (Fsp3) is 0.667. The first-order valence-electron chi connectivity index (χ1n) is 11.9. The molecule has 1 aromatic heterocycles. The third-order valence-electron chi connectivity index (χ3n) is 5.82. The average molecular weight is 465 g/mol. The maximum Gasteiger partial charge on any atom is 0.266 e. The Bertz CT molecular complexity index is 741. The van der Waals surface area contributed by atoms with E-state index in [1.54, 1.807) is 4.90 Å². The number of unbranched alkanes of at least 4 members (excludes halogenated alkanes) is 9. The summed E-state index contributed by atoms with van der Waals surface area (Å²) >= 11 is 6.84. The van der Waals surface area contributed by atoms with Gasteiger partial charge in [0.15, 0.2) is 5.88 Å². The third kappa shape index (κ3) is 7.65. The van der Waals surface area contributed by atoms with E-state index in [0.717, 1.165) is 38.4 Å². The zero-order valence-corrected chi connectivity index (χ0v) is 20.4. The van der Waals surface area contributed by atoms with Crippen molar-refractivity contribution in [1.82, 2.24) is 4.90 Å². The molecule has 0 radical (unpaired) electrons. The number of hydrogen-bond acceptors (Lipinski definition) is 6. The molecule has 172 valence electrons. The SMILES string of the molecule is CCCCCCCCCCCCN1C(=O)/C(=C/c2ccc(N3CCOCC3)o2)SC1=S. The molecule has 5 nitrogen and oxygen atoms in total. The minimum Gasteiger partial charge on any atom is -0.441 e. The normalized spacial score (nSPS) is 18.5. The van der Waals surface area contributed by atoms with Crippen LogP contribution < -0.4 is 4.90 Å². The Kier molecular flexibility index (Phi) is 10.4. The number of morpholine rings is 1. The summed E-state index contributed by atoms with van der Waals surface area (Å²) in [7, 11) is 0. The lowest BCUT2D eigenvalue weighted by Gasteiger charge is -2.26. The third-order valence-corrected chi connectivity index (χ3v) is 7.20. The minimum atomic E-state index is 0.00949. The van der Waals surface area contributed by atoms with E-state index in [9.17, 15) is 4.79 Å². The fourth-order valence-electron chi connectivity index (χ4n) is 3.95. The van der Waals surface area contributed by atoms with Gasteiger partial charge in [-0.05, 0) is 12.5 Å². The quantitative estimate of drug-likeness (QED) is 0.196. The molecule has 2 aliphatic heterocycles. The van der Waals surface area contributed by atoms with E-state index < -0.39 is 0 Å². The molecular weight excluding hydrogens is 428 g/mol. The molecule has 0 spiro atoms. The molecule has 0 unspecified atom stereocenters. The number of carbonyl (C=O) groups excluding carboxylic acids is 1. The first-order chi connectivity index (χ1) is 15.2. The van der Waals surface area contributed by atoms with Gasteiger partial charge < -0.3 is 14.1 Å². The van der Waals surface area contributed by atoms with Gasteiger partial charge in [-0.1, -0.05) is 88.7 Å². The molecule has 0 atom stereocenters. The molecule has 3 heterocycles. The molecule has 2 aliphatic rings. The first kappa shape index (κ1) is 24.3. The molecule has 7 heteroatoms. The van der Waals surface area contributed by atoms with Crippen molar-refractivity contribution in [2.75, 3.05) is 37.7 Å². The van der Waals surface area contributed by atoms with Gasteiger partial charge in [0, 0.05) is 31.8 Å². The Morgan fingerprint density at radius 3 is 2.32 bits per heavy atom. The maximum atomic E-state index is 12.8. The van der Waals surface area contributed by atoms with Crippen LogP contribution in [0.1, 0.15) is 76.9 Å². The lowest BCUT2D eigenvalue weighted by Crippen LogP contribution is -2.35. The highest BCUT2D eigenvalue weighted by Crippen LogP contribution is 2.33. The smallest absolute Gasteiger partial charge is 0.266 e. The highest BCUT2D eigenvalue weighted by molar-refractivity contribution is 8.26. The number of anilines is 1. The Morgan fingerprint density at radius 1 is 1.00 bits per heavy atom. The fourth-order valence-corrected chi connectivity index (χ4v) is 5.24. The summed E-state index contributed by atoms with van der Waals surface area (Å²) in [6.45, 7) is 6.06. The number of hydrogen-bond donors (Lipinski definition) is 0. The van der Waals surface area contributed by atoms with Crippen molar-refractivity contribution in [1.29, 1.82) is 0 Å². The van der Waals surface area contributed by atoms with Crippen molar-refractivity contribution >= 4 is 46.2 Å². The molecular formula is C24H36N2O3S2. The standard InChI is InChI=1S/C24H36N2O3S2/c1-2-3-4-5-6-7-8-9-10-11-14-26-23(27)21(31-24(26)30)19-20-12-13-22(29-20)25-15-17-28-18-16-25/h12-13,19H,2-11,14-18H2,1H3/b21-19-. The van der Waals surface area contributed by atoms with Crippen LogP contribution in [0.3, 0.4) is 0 Å².